The second-order valence-corrected chi connectivity index (χ2v) is 6.71. The van der Waals surface area contributed by atoms with E-state index in [1.807, 2.05) is 84.9 Å². The van der Waals surface area contributed by atoms with Crippen molar-refractivity contribution in [1.82, 2.24) is 0 Å². The van der Waals surface area contributed by atoms with Gasteiger partial charge in [0.1, 0.15) is 23.9 Å². The summed E-state index contributed by atoms with van der Waals surface area (Å²) in [4.78, 5) is 0. The fourth-order valence-electron chi connectivity index (χ4n) is 2.96. The van der Waals surface area contributed by atoms with E-state index in [0.717, 1.165) is 35.0 Å². The van der Waals surface area contributed by atoms with Gasteiger partial charge in [-0.2, -0.15) is 0 Å². The Morgan fingerprint density at radius 1 is 0.552 bits per heavy atom. The van der Waals surface area contributed by atoms with Crippen LogP contribution in [0.3, 0.4) is 0 Å². The molecule has 0 saturated heterocycles. The standard InChI is InChI=1S/C26H23NO2/c1-3-8-21(9-4-1)20-28-26-13-7-10-22(18-26)19-27-23-14-16-25(17-15-23)29-24-11-5-2-6-12-24/h1-18,27H,19-20H2. The Balaban J connectivity index is 1.30. The van der Waals surface area contributed by atoms with Crippen LogP contribution in [0.5, 0.6) is 17.2 Å². The summed E-state index contributed by atoms with van der Waals surface area (Å²) in [6, 6.07) is 36.1. The molecule has 3 nitrogen and oxygen atoms in total. The molecule has 0 aliphatic rings. The zero-order valence-corrected chi connectivity index (χ0v) is 16.1. The molecule has 0 saturated carbocycles. The van der Waals surface area contributed by atoms with E-state index in [1.54, 1.807) is 0 Å². The van der Waals surface area contributed by atoms with E-state index in [1.165, 1.54) is 5.56 Å². The van der Waals surface area contributed by atoms with Gasteiger partial charge in [0.2, 0.25) is 0 Å². The molecule has 1 N–H and O–H groups in total. The first-order valence-corrected chi connectivity index (χ1v) is 9.68. The summed E-state index contributed by atoms with van der Waals surface area (Å²) in [5, 5.41) is 3.44. The van der Waals surface area contributed by atoms with E-state index in [9.17, 15) is 0 Å². The molecule has 4 aromatic rings. The largest absolute Gasteiger partial charge is 0.489 e. The summed E-state index contributed by atoms with van der Waals surface area (Å²) in [5.74, 6) is 2.53. The molecule has 0 unspecified atom stereocenters. The fourth-order valence-corrected chi connectivity index (χ4v) is 2.96. The van der Waals surface area contributed by atoms with Crippen molar-refractivity contribution in [2.24, 2.45) is 0 Å². The predicted octanol–water partition coefficient (Wildman–Crippen LogP) is 6.67. The van der Waals surface area contributed by atoms with Crippen molar-refractivity contribution in [2.75, 3.05) is 5.32 Å². The van der Waals surface area contributed by atoms with E-state index < -0.39 is 0 Å². The minimum Gasteiger partial charge on any atom is -0.489 e. The monoisotopic (exact) mass is 381 g/mol. The Morgan fingerprint density at radius 3 is 1.93 bits per heavy atom. The van der Waals surface area contributed by atoms with Crippen LogP contribution in [0, 0.1) is 0 Å². The van der Waals surface area contributed by atoms with Crippen molar-refractivity contribution in [3.63, 3.8) is 0 Å². The average Bonchev–Trinajstić information content (AvgIpc) is 2.79. The van der Waals surface area contributed by atoms with Gasteiger partial charge in [0.25, 0.3) is 0 Å². The lowest BCUT2D eigenvalue weighted by Gasteiger charge is -2.11. The maximum absolute atomic E-state index is 5.91. The highest BCUT2D eigenvalue weighted by Gasteiger charge is 2.01. The second-order valence-electron chi connectivity index (χ2n) is 6.71. The first kappa shape index (κ1) is 18.6. The SMILES string of the molecule is c1ccc(COc2cccc(CNc3ccc(Oc4ccccc4)cc3)c2)cc1. The Kier molecular flexibility index (Phi) is 6.08. The highest BCUT2D eigenvalue weighted by molar-refractivity contribution is 5.48. The normalized spacial score (nSPS) is 10.3. The third-order valence-corrected chi connectivity index (χ3v) is 4.48. The van der Waals surface area contributed by atoms with E-state index in [2.05, 4.69) is 29.6 Å². The summed E-state index contributed by atoms with van der Waals surface area (Å²) in [6.07, 6.45) is 0. The number of nitrogens with one attached hydrogen (secondary N) is 1. The van der Waals surface area contributed by atoms with Crippen LogP contribution in [-0.2, 0) is 13.2 Å². The molecule has 0 heterocycles. The van der Waals surface area contributed by atoms with Gasteiger partial charge in [-0.05, 0) is 59.7 Å². The van der Waals surface area contributed by atoms with Gasteiger partial charge >= 0.3 is 0 Å². The van der Waals surface area contributed by atoms with Crippen molar-refractivity contribution in [2.45, 2.75) is 13.2 Å². The summed E-state index contributed by atoms with van der Waals surface area (Å²) in [7, 11) is 0. The number of anilines is 1. The van der Waals surface area contributed by atoms with Crippen molar-refractivity contribution in [1.29, 1.82) is 0 Å². The first-order chi connectivity index (χ1) is 14.3. The fraction of sp³-hybridized carbons (Fsp3) is 0.0769. The highest BCUT2D eigenvalue weighted by atomic mass is 16.5. The van der Waals surface area contributed by atoms with Crippen LogP contribution in [0.4, 0.5) is 5.69 Å². The van der Waals surface area contributed by atoms with Crippen LogP contribution in [0.2, 0.25) is 0 Å². The Hall–Kier alpha value is -3.72. The van der Waals surface area contributed by atoms with Crippen molar-refractivity contribution in [3.05, 3.63) is 120 Å². The quantitative estimate of drug-likeness (QED) is 0.370. The van der Waals surface area contributed by atoms with Crippen LogP contribution in [0.25, 0.3) is 0 Å². The molecular weight excluding hydrogens is 358 g/mol. The lowest BCUT2D eigenvalue weighted by atomic mass is 10.2. The molecule has 0 atom stereocenters. The molecule has 0 radical (unpaired) electrons. The number of rotatable bonds is 8. The van der Waals surface area contributed by atoms with Crippen molar-refractivity contribution >= 4 is 5.69 Å². The Labute approximate surface area is 171 Å². The molecule has 0 spiro atoms. The molecule has 0 aliphatic heterocycles. The van der Waals surface area contributed by atoms with Crippen LogP contribution in [0.1, 0.15) is 11.1 Å². The van der Waals surface area contributed by atoms with Gasteiger partial charge in [0.05, 0.1) is 0 Å². The molecule has 0 fully saturated rings. The molecular formula is C26H23NO2. The van der Waals surface area contributed by atoms with Crippen LogP contribution >= 0.6 is 0 Å². The number of benzene rings is 4. The maximum atomic E-state index is 5.91. The highest BCUT2D eigenvalue weighted by Crippen LogP contribution is 2.23. The number of ether oxygens (including phenoxy) is 2. The molecule has 0 aromatic heterocycles. The van der Waals surface area contributed by atoms with Crippen molar-refractivity contribution < 1.29 is 9.47 Å². The van der Waals surface area contributed by atoms with Gasteiger partial charge < -0.3 is 14.8 Å². The number of para-hydroxylation sites is 1. The van der Waals surface area contributed by atoms with E-state index >= 15 is 0 Å². The maximum Gasteiger partial charge on any atom is 0.127 e. The number of hydrogen-bond donors (Lipinski definition) is 1. The third-order valence-electron chi connectivity index (χ3n) is 4.48. The smallest absolute Gasteiger partial charge is 0.127 e. The Bertz CT molecular complexity index is 1020. The van der Waals surface area contributed by atoms with E-state index in [4.69, 9.17) is 9.47 Å². The number of hydrogen-bond acceptors (Lipinski definition) is 3. The minimum absolute atomic E-state index is 0.570. The third kappa shape index (κ3) is 5.63. The van der Waals surface area contributed by atoms with E-state index in [0.29, 0.717) is 6.61 Å². The minimum atomic E-state index is 0.570. The zero-order valence-electron chi connectivity index (χ0n) is 16.1. The molecule has 0 bridgehead atoms. The predicted molar refractivity (Wildman–Crippen MR) is 118 cm³/mol. The Morgan fingerprint density at radius 2 is 1.17 bits per heavy atom. The van der Waals surface area contributed by atoms with Crippen LogP contribution < -0.4 is 14.8 Å². The van der Waals surface area contributed by atoms with Crippen molar-refractivity contribution in [3.8, 4) is 17.2 Å². The van der Waals surface area contributed by atoms with Gasteiger partial charge in [-0.1, -0.05) is 60.7 Å². The lowest BCUT2D eigenvalue weighted by Crippen LogP contribution is -2.00. The summed E-state index contributed by atoms with van der Waals surface area (Å²) in [6.45, 7) is 1.29. The van der Waals surface area contributed by atoms with Gasteiger partial charge in [-0.25, -0.2) is 0 Å². The first-order valence-electron chi connectivity index (χ1n) is 9.68. The van der Waals surface area contributed by atoms with Crippen LogP contribution in [-0.4, -0.2) is 0 Å². The second kappa shape index (κ2) is 9.47. The molecule has 0 amide bonds. The zero-order chi connectivity index (χ0) is 19.7. The lowest BCUT2D eigenvalue weighted by molar-refractivity contribution is 0.306. The molecule has 4 rings (SSSR count). The molecule has 4 aromatic carbocycles. The van der Waals surface area contributed by atoms with Gasteiger partial charge in [-0.15, -0.1) is 0 Å². The average molecular weight is 381 g/mol. The van der Waals surface area contributed by atoms with Gasteiger partial charge in [0, 0.05) is 12.2 Å². The van der Waals surface area contributed by atoms with Gasteiger partial charge in [-0.3, -0.25) is 0 Å². The van der Waals surface area contributed by atoms with Gasteiger partial charge in [0.15, 0.2) is 0 Å². The summed E-state index contributed by atoms with van der Waals surface area (Å²) >= 11 is 0. The molecule has 29 heavy (non-hydrogen) atoms. The summed E-state index contributed by atoms with van der Waals surface area (Å²) in [5.41, 5.74) is 3.37. The van der Waals surface area contributed by atoms with E-state index in [-0.39, 0.29) is 0 Å². The molecule has 144 valence electrons. The van der Waals surface area contributed by atoms with Crippen LogP contribution in [0.15, 0.2) is 109 Å². The molecule has 0 aliphatic carbocycles. The topological polar surface area (TPSA) is 30.5 Å². The summed E-state index contributed by atoms with van der Waals surface area (Å²) < 4.78 is 11.7. The molecule has 3 heteroatoms.